The Morgan fingerprint density at radius 1 is 1.20 bits per heavy atom. The van der Waals surface area contributed by atoms with Crippen LogP contribution in [-0.4, -0.2) is 14.0 Å². The zero-order valence-electron chi connectivity index (χ0n) is 5.91. The van der Waals surface area contributed by atoms with Gasteiger partial charge in [0.2, 0.25) is 0 Å². The SMILES string of the molecule is CC1(Br)CC(Br)CC(Br)C1. The molecule has 60 valence electrons. The van der Waals surface area contributed by atoms with Crippen LogP contribution in [0.4, 0.5) is 0 Å². The van der Waals surface area contributed by atoms with Gasteiger partial charge >= 0.3 is 0 Å². The summed E-state index contributed by atoms with van der Waals surface area (Å²) in [4.78, 5) is 1.35. The molecular weight excluding hydrogens is 324 g/mol. The molecule has 2 unspecified atom stereocenters. The van der Waals surface area contributed by atoms with Crippen LogP contribution in [-0.2, 0) is 0 Å². The van der Waals surface area contributed by atoms with Gasteiger partial charge in [0.05, 0.1) is 0 Å². The van der Waals surface area contributed by atoms with Gasteiger partial charge in [-0.2, -0.15) is 0 Å². The molecule has 0 aromatic carbocycles. The Morgan fingerprint density at radius 2 is 1.60 bits per heavy atom. The maximum atomic E-state index is 3.71. The van der Waals surface area contributed by atoms with Crippen molar-refractivity contribution in [3.05, 3.63) is 0 Å². The zero-order valence-corrected chi connectivity index (χ0v) is 10.7. The second kappa shape index (κ2) is 3.44. The van der Waals surface area contributed by atoms with E-state index in [9.17, 15) is 0 Å². The van der Waals surface area contributed by atoms with Gasteiger partial charge in [-0.1, -0.05) is 47.8 Å². The Labute approximate surface area is 87.5 Å². The fraction of sp³-hybridized carbons (Fsp3) is 1.00. The molecule has 1 aliphatic rings. The van der Waals surface area contributed by atoms with E-state index >= 15 is 0 Å². The van der Waals surface area contributed by atoms with Crippen LogP contribution < -0.4 is 0 Å². The molecule has 3 heteroatoms. The van der Waals surface area contributed by atoms with Crippen molar-refractivity contribution >= 4 is 47.8 Å². The molecule has 0 aromatic rings. The zero-order chi connectivity index (χ0) is 7.78. The highest BCUT2D eigenvalue weighted by Gasteiger charge is 2.32. The largest absolute Gasteiger partial charge is 0.0890 e. The molecule has 0 radical (unpaired) electrons. The number of hydrogen-bond donors (Lipinski definition) is 0. The monoisotopic (exact) mass is 332 g/mol. The van der Waals surface area contributed by atoms with E-state index in [0.717, 1.165) is 0 Å². The van der Waals surface area contributed by atoms with Crippen molar-refractivity contribution in [1.82, 2.24) is 0 Å². The van der Waals surface area contributed by atoms with Crippen LogP contribution >= 0.6 is 47.8 Å². The highest BCUT2D eigenvalue weighted by molar-refractivity contribution is 9.11. The standard InChI is InChI=1S/C7H11Br3/c1-7(10)3-5(8)2-6(9)4-7/h5-6H,2-4H2,1H3. The highest BCUT2D eigenvalue weighted by Crippen LogP contribution is 2.40. The molecule has 0 amide bonds. The van der Waals surface area contributed by atoms with E-state index in [1.165, 1.54) is 19.3 Å². The summed E-state index contributed by atoms with van der Waals surface area (Å²) in [5, 5.41) is 0. The number of rotatable bonds is 0. The summed E-state index contributed by atoms with van der Waals surface area (Å²) in [6.07, 6.45) is 3.71. The van der Waals surface area contributed by atoms with Crippen molar-refractivity contribution in [3.8, 4) is 0 Å². The fourth-order valence-corrected chi connectivity index (χ4v) is 5.93. The van der Waals surface area contributed by atoms with E-state index in [4.69, 9.17) is 0 Å². The minimum Gasteiger partial charge on any atom is -0.0890 e. The predicted octanol–water partition coefficient (Wildman–Crippen LogP) is 3.85. The topological polar surface area (TPSA) is 0 Å². The summed E-state index contributed by atoms with van der Waals surface area (Å²) in [6, 6.07) is 0. The first kappa shape index (κ1) is 9.53. The lowest BCUT2D eigenvalue weighted by molar-refractivity contribution is 0.458. The van der Waals surface area contributed by atoms with Gasteiger partial charge in [0.25, 0.3) is 0 Å². The van der Waals surface area contributed by atoms with Crippen LogP contribution in [0.5, 0.6) is 0 Å². The first-order valence-electron chi connectivity index (χ1n) is 3.47. The maximum absolute atomic E-state index is 3.71. The number of hydrogen-bond acceptors (Lipinski definition) is 0. The van der Waals surface area contributed by atoms with Crippen molar-refractivity contribution in [2.24, 2.45) is 0 Å². The van der Waals surface area contributed by atoms with Crippen molar-refractivity contribution in [2.75, 3.05) is 0 Å². The summed E-state index contributed by atoms with van der Waals surface area (Å²) < 4.78 is 0.341. The average molecular weight is 335 g/mol. The van der Waals surface area contributed by atoms with Gasteiger partial charge in [0, 0.05) is 14.0 Å². The minimum absolute atomic E-state index is 0.341. The predicted molar refractivity (Wildman–Crippen MR) is 56.6 cm³/mol. The summed E-state index contributed by atoms with van der Waals surface area (Å²) in [5.41, 5.74) is 0. The summed E-state index contributed by atoms with van der Waals surface area (Å²) in [7, 11) is 0. The van der Waals surface area contributed by atoms with E-state index < -0.39 is 0 Å². The third-order valence-electron chi connectivity index (χ3n) is 1.81. The minimum atomic E-state index is 0.341. The summed E-state index contributed by atoms with van der Waals surface area (Å²) in [5.74, 6) is 0. The molecule has 0 aromatic heterocycles. The van der Waals surface area contributed by atoms with Gasteiger partial charge in [-0.15, -0.1) is 0 Å². The first-order chi connectivity index (χ1) is 4.49. The van der Waals surface area contributed by atoms with Crippen molar-refractivity contribution in [1.29, 1.82) is 0 Å². The molecule has 1 aliphatic carbocycles. The molecule has 0 bridgehead atoms. The second-order valence-corrected chi connectivity index (χ2v) is 7.76. The Bertz CT molecular complexity index is 110. The van der Waals surface area contributed by atoms with Gasteiger partial charge in [-0.25, -0.2) is 0 Å². The van der Waals surface area contributed by atoms with Crippen LogP contribution in [0.2, 0.25) is 0 Å². The molecule has 1 rings (SSSR count). The summed E-state index contributed by atoms with van der Waals surface area (Å²) in [6.45, 7) is 2.26. The molecule has 0 spiro atoms. The van der Waals surface area contributed by atoms with Crippen molar-refractivity contribution in [2.45, 2.75) is 40.2 Å². The van der Waals surface area contributed by atoms with Gasteiger partial charge in [-0.3, -0.25) is 0 Å². The smallest absolute Gasteiger partial charge is 0.0251 e. The first-order valence-corrected chi connectivity index (χ1v) is 6.09. The van der Waals surface area contributed by atoms with E-state index in [-0.39, 0.29) is 0 Å². The Kier molecular flexibility index (Phi) is 3.28. The third-order valence-corrected chi connectivity index (χ3v) is 3.85. The molecule has 10 heavy (non-hydrogen) atoms. The second-order valence-electron chi connectivity index (χ2n) is 3.25. The molecule has 1 saturated carbocycles. The molecule has 0 nitrogen and oxygen atoms in total. The lowest BCUT2D eigenvalue weighted by atomic mass is 9.90. The van der Waals surface area contributed by atoms with Crippen LogP contribution in [0.25, 0.3) is 0 Å². The van der Waals surface area contributed by atoms with Gasteiger partial charge < -0.3 is 0 Å². The average Bonchev–Trinajstić information content (AvgIpc) is 1.54. The molecule has 0 N–H and O–H groups in total. The normalized spacial score (nSPS) is 49.2. The Hall–Kier alpha value is 1.44. The number of alkyl halides is 3. The van der Waals surface area contributed by atoms with Gasteiger partial charge in [0.15, 0.2) is 0 Å². The quantitative estimate of drug-likeness (QED) is 0.590. The molecule has 0 saturated heterocycles. The molecule has 0 heterocycles. The van der Waals surface area contributed by atoms with E-state index in [0.29, 0.717) is 14.0 Å². The van der Waals surface area contributed by atoms with Gasteiger partial charge in [0.1, 0.15) is 0 Å². The van der Waals surface area contributed by atoms with E-state index in [1.807, 2.05) is 0 Å². The van der Waals surface area contributed by atoms with Crippen molar-refractivity contribution in [3.63, 3.8) is 0 Å². The molecule has 2 atom stereocenters. The summed E-state index contributed by atoms with van der Waals surface area (Å²) >= 11 is 11.0. The van der Waals surface area contributed by atoms with Crippen LogP contribution in [0, 0.1) is 0 Å². The fourth-order valence-electron chi connectivity index (χ4n) is 1.45. The van der Waals surface area contributed by atoms with Crippen LogP contribution in [0.3, 0.4) is 0 Å². The maximum Gasteiger partial charge on any atom is 0.0251 e. The molecular formula is C7H11Br3. The Balaban J connectivity index is 2.51. The van der Waals surface area contributed by atoms with E-state index in [2.05, 4.69) is 54.7 Å². The number of halogens is 3. The van der Waals surface area contributed by atoms with Crippen molar-refractivity contribution < 1.29 is 0 Å². The Morgan fingerprint density at radius 3 is 1.90 bits per heavy atom. The lowest BCUT2D eigenvalue weighted by Gasteiger charge is -2.33. The van der Waals surface area contributed by atoms with Crippen LogP contribution in [0.1, 0.15) is 26.2 Å². The molecule has 1 fully saturated rings. The van der Waals surface area contributed by atoms with E-state index in [1.54, 1.807) is 0 Å². The van der Waals surface area contributed by atoms with Crippen LogP contribution in [0.15, 0.2) is 0 Å². The van der Waals surface area contributed by atoms with Gasteiger partial charge in [-0.05, 0) is 26.2 Å². The molecule has 0 aliphatic heterocycles. The third kappa shape index (κ3) is 2.82. The lowest BCUT2D eigenvalue weighted by Crippen LogP contribution is -2.31. The highest BCUT2D eigenvalue weighted by atomic mass is 79.9.